The molecule has 236 valence electrons. The molecule has 1 saturated heterocycles. The Morgan fingerprint density at radius 2 is 1.77 bits per heavy atom. The first-order valence-corrected chi connectivity index (χ1v) is 14.6. The number of aliphatic hydroxyl groups excluding tert-OH is 3. The molecule has 1 aliphatic carbocycles. The molecular formula is C29H30Cl2F2N4O7. The van der Waals surface area contributed by atoms with E-state index in [4.69, 9.17) is 32.7 Å². The molecule has 2 aliphatic rings. The normalized spacial score (nSPS) is 26.9. The largest absolute Gasteiger partial charge is 0.457 e. The van der Waals surface area contributed by atoms with Crippen molar-refractivity contribution in [2.45, 2.75) is 75.7 Å². The minimum Gasteiger partial charge on any atom is -0.457 e. The van der Waals surface area contributed by atoms with E-state index in [0.717, 1.165) is 23.7 Å². The lowest BCUT2D eigenvalue weighted by molar-refractivity contribution is -0.216. The third-order valence-corrected chi connectivity index (χ3v) is 8.38. The minimum atomic E-state index is -1.63. The molecule has 3 N–H and O–H groups in total. The van der Waals surface area contributed by atoms with Crippen LogP contribution in [-0.4, -0.2) is 85.4 Å². The van der Waals surface area contributed by atoms with Crippen molar-refractivity contribution in [1.82, 2.24) is 15.0 Å². The second-order valence-corrected chi connectivity index (χ2v) is 11.8. The fourth-order valence-corrected chi connectivity index (χ4v) is 6.30. The molecule has 3 aromatic rings. The summed E-state index contributed by atoms with van der Waals surface area (Å²) < 4.78 is 41.2. The van der Waals surface area contributed by atoms with Crippen LogP contribution in [0.25, 0.3) is 11.3 Å². The summed E-state index contributed by atoms with van der Waals surface area (Å²) in [5.74, 6) is -3.20. The number of halogens is 4. The maximum atomic E-state index is 14.4. The Kier molecular flexibility index (Phi) is 9.54. The van der Waals surface area contributed by atoms with E-state index in [2.05, 4.69) is 10.3 Å². The second kappa shape index (κ2) is 13.0. The smallest absolute Gasteiger partial charge is 0.303 e. The first kappa shape index (κ1) is 32.2. The van der Waals surface area contributed by atoms with E-state index in [1.165, 1.54) is 36.2 Å². The van der Waals surface area contributed by atoms with Crippen molar-refractivity contribution in [3.8, 4) is 11.3 Å². The van der Waals surface area contributed by atoms with Gasteiger partial charge in [0.2, 0.25) is 0 Å². The van der Waals surface area contributed by atoms with Gasteiger partial charge in [0.05, 0.1) is 24.9 Å². The summed E-state index contributed by atoms with van der Waals surface area (Å²) in [4.78, 5) is 28.1. The maximum absolute atomic E-state index is 14.4. The molecule has 1 aliphatic heterocycles. The van der Waals surface area contributed by atoms with Gasteiger partial charge in [0.1, 0.15) is 35.6 Å². The summed E-state index contributed by atoms with van der Waals surface area (Å²) in [7, 11) is 0. The van der Waals surface area contributed by atoms with E-state index in [1.807, 2.05) is 0 Å². The summed E-state index contributed by atoms with van der Waals surface area (Å²) in [6.45, 7) is 1.65. The predicted octanol–water partition coefficient (Wildman–Crippen LogP) is 3.38. The van der Waals surface area contributed by atoms with Gasteiger partial charge in [-0.05, 0) is 56.5 Å². The van der Waals surface area contributed by atoms with E-state index in [1.54, 1.807) is 0 Å². The number of benzene rings is 2. The highest BCUT2D eigenvalue weighted by atomic mass is 35.5. The lowest BCUT2D eigenvalue weighted by Crippen LogP contribution is -2.63. The number of aromatic nitrogens is 3. The molecule has 0 unspecified atom stereocenters. The molecule has 1 amide bonds. The van der Waals surface area contributed by atoms with Crippen molar-refractivity contribution < 1.29 is 43.2 Å². The van der Waals surface area contributed by atoms with Gasteiger partial charge in [0, 0.05) is 33.8 Å². The number of aliphatic hydroxyl groups is 3. The minimum absolute atomic E-state index is 0.0239. The van der Waals surface area contributed by atoms with Crippen molar-refractivity contribution in [2.75, 3.05) is 11.5 Å². The van der Waals surface area contributed by atoms with Gasteiger partial charge in [-0.3, -0.25) is 9.59 Å². The number of carbonyl (C=O) groups is 2. The van der Waals surface area contributed by atoms with Gasteiger partial charge in [0.25, 0.3) is 5.91 Å². The summed E-state index contributed by atoms with van der Waals surface area (Å²) in [5, 5.41) is 40.7. The molecule has 2 fully saturated rings. The van der Waals surface area contributed by atoms with Crippen molar-refractivity contribution in [3.05, 3.63) is 63.8 Å². The Balaban J connectivity index is 1.59. The fourth-order valence-electron chi connectivity index (χ4n) is 5.79. The Labute approximate surface area is 260 Å². The Bertz CT molecular complexity index is 1520. The third kappa shape index (κ3) is 6.30. The number of nitrogens with zero attached hydrogens (tertiary/aromatic N) is 4. The zero-order chi connectivity index (χ0) is 31.9. The van der Waals surface area contributed by atoms with Gasteiger partial charge in [-0.15, -0.1) is 5.10 Å². The molecule has 1 aromatic heterocycles. The second-order valence-electron chi connectivity index (χ2n) is 10.9. The number of esters is 1. The SMILES string of the molecule is CC(=O)O[C@@H]1[C@@H](n2cc(-c3cc(F)c(C)c(F)c3)nn2)[C@@H](O)[C@@H](CO)O[C@H]1C(=O)N(c1cc(Cl)cc(Cl)c1)[C@H]1CCC[C@@H]1O. The van der Waals surface area contributed by atoms with Gasteiger partial charge in [-0.1, -0.05) is 28.4 Å². The van der Waals surface area contributed by atoms with Crippen LogP contribution in [-0.2, 0) is 19.1 Å². The van der Waals surface area contributed by atoms with Crippen LogP contribution in [0.3, 0.4) is 0 Å². The van der Waals surface area contributed by atoms with Gasteiger partial charge >= 0.3 is 5.97 Å². The van der Waals surface area contributed by atoms with Crippen molar-refractivity contribution in [1.29, 1.82) is 0 Å². The third-order valence-electron chi connectivity index (χ3n) is 7.94. The topological polar surface area (TPSA) is 147 Å². The molecule has 5 rings (SSSR count). The lowest BCUT2D eigenvalue weighted by atomic mass is 9.91. The van der Waals surface area contributed by atoms with E-state index >= 15 is 0 Å². The first-order valence-electron chi connectivity index (χ1n) is 13.9. The quantitative estimate of drug-likeness (QED) is 0.326. The van der Waals surface area contributed by atoms with Crippen LogP contribution in [0.5, 0.6) is 0 Å². The van der Waals surface area contributed by atoms with E-state index < -0.39 is 72.7 Å². The number of rotatable bonds is 7. The molecule has 0 bridgehead atoms. The number of ether oxygens (including phenoxy) is 2. The highest BCUT2D eigenvalue weighted by Crippen LogP contribution is 2.38. The average molecular weight is 655 g/mol. The Morgan fingerprint density at radius 1 is 1.11 bits per heavy atom. The predicted molar refractivity (Wildman–Crippen MR) is 154 cm³/mol. The molecule has 0 radical (unpaired) electrons. The number of hydrogen-bond donors (Lipinski definition) is 3. The lowest BCUT2D eigenvalue weighted by Gasteiger charge is -2.45. The van der Waals surface area contributed by atoms with Crippen molar-refractivity contribution in [2.24, 2.45) is 0 Å². The molecule has 2 heterocycles. The fraction of sp³-hybridized carbons (Fsp3) is 0.448. The van der Waals surface area contributed by atoms with Crippen LogP contribution in [0.4, 0.5) is 14.5 Å². The molecule has 15 heteroatoms. The molecule has 0 spiro atoms. The van der Waals surface area contributed by atoms with Crippen LogP contribution >= 0.6 is 23.2 Å². The number of hydrogen-bond acceptors (Lipinski definition) is 9. The van der Waals surface area contributed by atoms with Gasteiger partial charge < -0.3 is 29.7 Å². The summed E-state index contributed by atoms with van der Waals surface area (Å²) >= 11 is 12.5. The molecule has 7 atom stereocenters. The van der Waals surface area contributed by atoms with Gasteiger partial charge in [-0.2, -0.15) is 0 Å². The number of amides is 1. The van der Waals surface area contributed by atoms with Crippen LogP contribution in [0.15, 0.2) is 36.5 Å². The highest BCUT2D eigenvalue weighted by molar-refractivity contribution is 6.35. The zero-order valence-electron chi connectivity index (χ0n) is 23.6. The van der Waals surface area contributed by atoms with Crippen molar-refractivity contribution in [3.63, 3.8) is 0 Å². The molecule has 11 nitrogen and oxygen atoms in total. The number of carbonyl (C=O) groups excluding carboxylic acids is 2. The Morgan fingerprint density at radius 3 is 2.34 bits per heavy atom. The molecule has 2 aromatic carbocycles. The van der Waals surface area contributed by atoms with Crippen LogP contribution < -0.4 is 4.90 Å². The molecule has 1 saturated carbocycles. The summed E-state index contributed by atoms with van der Waals surface area (Å²) in [5.41, 5.74) is 0.142. The highest BCUT2D eigenvalue weighted by Gasteiger charge is 2.53. The standard InChI is InChI=1S/C29H30Cl2F2N4O7/c1-13-19(32)6-15(7-20(13)33)21-11-36(35-34-21)25-26(41)24(12-38)44-28(27(25)43-14(2)39)29(42)37(22-4-3-5-23(22)40)18-9-16(30)8-17(31)10-18/h6-11,22-28,38,40-41H,3-5,12H2,1-2H3/t22-,23-,24+,25-,26-,27+,28+/m0/s1. The van der Waals surface area contributed by atoms with E-state index in [-0.39, 0.29) is 32.6 Å². The maximum Gasteiger partial charge on any atom is 0.303 e. The van der Waals surface area contributed by atoms with Crippen LogP contribution in [0, 0.1) is 18.6 Å². The summed E-state index contributed by atoms with van der Waals surface area (Å²) in [6, 6.07) is 4.51. The van der Waals surface area contributed by atoms with Gasteiger partial charge in [0.15, 0.2) is 12.2 Å². The van der Waals surface area contributed by atoms with E-state index in [9.17, 15) is 33.7 Å². The Hall–Kier alpha value is -3.20. The average Bonchev–Trinajstić information content (AvgIpc) is 3.60. The van der Waals surface area contributed by atoms with Gasteiger partial charge in [-0.25, -0.2) is 13.5 Å². The monoisotopic (exact) mass is 654 g/mol. The number of anilines is 1. The van der Waals surface area contributed by atoms with Crippen LogP contribution in [0.1, 0.15) is 37.8 Å². The summed E-state index contributed by atoms with van der Waals surface area (Å²) in [6.07, 6.45) is -4.28. The van der Waals surface area contributed by atoms with E-state index in [0.29, 0.717) is 19.3 Å². The first-order chi connectivity index (χ1) is 20.9. The van der Waals surface area contributed by atoms with Crippen LogP contribution in [0.2, 0.25) is 10.0 Å². The molecule has 44 heavy (non-hydrogen) atoms. The zero-order valence-corrected chi connectivity index (χ0v) is 25.1. The van der Waals surface area contributed by atoms with Crippen molar-refractivity contribution >= 4 is 40.8 Å². The molecular weight excluding hydrogens is 625 g/mol.